The van der Waals surface area contributed by atoms with Gasteiger partial charge in [0, 0.05) is 22.0 Å². The highest BCUT2D eigenvalue weighted by Crippen LogP contribution is 2.21. The number of hydrogen-bond donors (Lipinski definition) is 2. The van der Waals surface area contributed by atoms with Crippen molar-refractivity contribution in [3.05, 3.63) is 46.6 Å². The lowest BCUT2D eigenvalue weighted by Crippen LogP contribution is -1.96. The Morgan fingerprint density at radius 1 is 1.25 bits per heavy atom. The largest absolute Gasteiger partial charge is 0.399 e. The van der Waals surface area contributed by atoms with E-state index in [9.17, 15) is 0 Å². The molecule has 1 aromatic heterocycles. The summed E-state index contributed by atoms with van der Waals surface area (Å²) in [5, 5.41) is 3.24. The summed E-state index contributed by atoms with van der Waals surface area (Å²) in [4.78, 5) is 4.31. The van der Waals surface area contributed by atoms with Crippen LogP contribution in [0.25, 0.3) is 0 Å². The van der Waals surface area contributed by atoms with Gasteiger partial charge in [0.05, 0.1) is 0 Å². The molecule has 1 aromatic carbocycles. The van der Waals surface area contributed by atoms with Gasteiger partial charge in [-0.1, -0.05) is 0 Å². The minimum absolute atomic E-state index is 0.756. The fourth-order valence-corrected chi connectivity index (χ4v) is 1.82. The molecule has 2 aromatic rings. The van der Waals surface area contributed by atoms with Gasteiger partial charge in [0.1, 0.15) is 5.82 Å². The number of nitrogens with zero attached hydrogens (tertiary/aromatic N) is 1. The fraction of sp³-hybridized carbons (Fsp3) is 0.0833. The summed E-state index contributed by atoms with van der Waals surface area (Å²) in [5.74, 6) is 0.855. The molecule has 16 heavy (non-hydrogen) atoms. The predicted molar refractivity (Wildman–Crippen MR) is 70.8 cm³/mol. The standard InChI is InChI=1S/C12H12BrN3/c1-8-6-9(13)7-15-12(8)16-11-4-2-10(14)3-5-11/h2-7H,14H2,1H3,(H,15,16). The summed E-state index contributed by atoms with van der Waals surface area (Å²) in [5.41, 5.74) is 8.44. The molecular formula is C12H12BrN3. The molecule has 0 atom stereocenters. The van der Waals surface area contributed by atoms with Crippen LogP contribution in [0, 0.1) is 6.92 Å². The van der Waals surface area contributed by atoms with Gasteiger partial charge in [0.2, 0.25) is 0 Å². The third-order valence-corrected chi connectivity index (χ3v) is 2.65. The SMILES string of the molecule is Cc1cc(Br)cnc1Nc1ccc(N)cc1. The van der Waals surface area contributed by atoms with Crippen LogP contribution < -0.4 is 11.1 Å². The van der Waals surface area contributed by atoms with Crippen LogP contribution in [0.2, 0.25) is 0 Å². The molecule has 0 aliphatic heterocycles. The summed E-state index contributed by atoms with van der Waals surface area (Å²) in [7, 11) is 0. The molecule has 0 radical (unpaired) electrons. The molecule has 0 amide bonds. The van der Waals surface area contributed by atoms with E-state index in [2.05, 4.69) is 26.2 Å². The first-order valence-corrected chi connectivity index (χ1v) is 5.69. The second-order valence-electron chi connectivity index (χ2n) is 3.57. The summed E-state index contributed by atoms with van der Waals surface area (Å²) < 4.78 is 0.979. The second kappa shape index (κ2) is 4.53. The first-order valence-electron chi connectivity index (χ1n) is 4.90. The molecule has 1 heterocycles. The van der Waals surface area contributed by atoms with Gasteiger partial charge in [-0.15, -0.1) is 0 Å². The molecule has 0 saturated heterocycles. The third kappa shape index (κ3) is 2.52. The summed E-state index contributed by atoms with van der Waals surface area (Å²) in [6.07, 6.45) is 1.77. The van der Waals surface area contributed by atoms with Crippen LogP contribution in [-0.4, -0.2) is 4.98 Å². The highest BCUT2D eigenvalue weighted by Gasteiger charge is 2.00. The Morgan fingerprint density at radius 3 is 2.56 bits per heavy atom. The highest BCUT2D eigenvalue weighted by molar-refractivity contribution is 9.10. The number of nitrogens with one attached hydrogen (secondary N) is 1. The van der Waals surface area contributed by atoms with E-state index >= 15 is 0 Å². The van der Waals surface area contributed by atoms with Crippen molar-refractivity contribution >= 4 is 33.1 Å². The number of rotatable bonds is 2. The maximum absolute atomic E-state index is 5.62. The topological polar surface area (TPSA) is 50.9 Å². The molecule has 0 aliphatic rings. The Hall–Kier alpha value is -1.55. The summed E-state index contributed by atoms with van der Waals surface area (Å²) >= 11 is 3.38. The van der Waals surface area contributed by atoms with Crippen molar-refractivity contribution in [2.24, 2.45) is 0 Å². The first-order chi connectivity index (χ1) is 7.65. The Balaban J connectivity index is 2.23. The lowest BCUT2D eigenvalue weighted by molar-refractivity contribution is 1.24. The van der Waals surface area contributed by atoms with Gasteiger partial charge in [0.15, 0.2) is 0 Å². The monoisotopic (exact) mass is 277 g/mol. The van der Waals surface area contributed by atoms with Crippen LogP contribution in [0.5, 0.6) is 0 Å². The lowest BCUT2D eigenvalue weighted by atomic mass is 10.2. The number of halogens is 1. The number of nitrogen functional groups attached to an aromatic ring is 1. The molecule has 3 nitrogen and oxygen atoms in total. The number of nitrogens with two attached hydrogens (primary N) is 1. The van der Waals surface area contributed by atoms with E-state index in [4.69, 9.17) is 5.73 Å². The average Bonchev–Trinajstić information content (AvgIpc) is 2.25. The van der Waals surface area contributed by atoms with Crippen LogP contribution in [0.3, 0.4) is 0 Å². The second-order valence-corrected chi connectivity index (χ2v) is 4.48. The number of aryl methyl sites for hydroxylation is 1. The molecule has 0 aliphatic carbocycles. The van der Waals surface area contributed by atoms with Crippen LogP contribution in [0.15, 0.2) is 41.0 Å². The summed E-state index contributed by atoms with van der Waals surface area (Å²) in [6, 6.07) is 9.59. The summed E-state index contributed by atoms with van der Waals surface area (Å²) in [6.45, 7) is 2.01. The molecule has 0 bridgehead atoms. The van der Waals surface area contributed by atoms with Crippen molar-refractivity contribution in [3.63, 3.8) is 0 Å². The van der Waals surface area contributed by atoms with Crippen molar-refractivity contribution in [3.8, 4) is 0 Å². The van der Waals surface area contributed by atoms with E-state index in [0.717, 1.165) is 27.2 Å². The number of hydrogen-bond acceptors (Lipinski definition) is 3. The zero-order valence-electron chi connectivity index (χ0n) is 8.87. The minimum Gasteiger partial charge on any atom is -0.399 e. The number of pyridine rings is 1. The number of benzene rings is 1. The third-order valence-electron chi connectivity index (χ3n) is 2.22. The van der Waals surface area contributed by atoms with E-state index in [-0.39, 0.29) is 0 Å². The molecule has 82 valence electrons. The van der Waals surface area contributed by atoms with Gasteiger partial charge >= 0.3 is 0 Å². The Labute approximate surface area is 103 Å². The Morgan fingerprint density at radius 2 is 1.94 bits per heavy atom. The Kier molecular flexibility index (Phi) is 3.10. The van der Waals surface area contributed by atoms with Crippen molar-refractivity contribution in [1.29, 1.82) is 0 Å². The van der Waals surface area contributed by atoms with E-state index in [1.165, 1.54) is 0 Å². The molecule has 0 unspecified atom stereocenters. The van der Waals surface area contributed by atoms with Gasteiger partial charge in [-0.25, -0.2) is 4.98 Å². The van der Waals surface area contributed by atoms with Gasteiger partial charge in [-0.3, -0.25) is 0 Å². The zero-order valence-corrected chi connectivity index (χ0v) is 10.5. The lowest BCUT2D eigenvalue weighted by Gasteiger charge is -2.08. The van der Waals surface area contributed by atoms with Crippen LogP contribution >= 0.6 is 15.9 Å². The average molecular weight is 278 g/mol. The quantitative estimate of drug-likeness (QED) is 0.827. The van der Waals surface area contributed by atoms with Gasteiger partial charge < -0.3 is 11.1 Å². The zero-order chi connectivity index (χ0) is 11.5. The van der Waals surface area contributed by atoms with Crippen molar-refractivity contribution < 1.29 is 0 Å². The van der Waals surface area contributed by atoms with Gasteiger partial charge in [-0.05, 0) is 58.7 Å². The van der Waals surface area contributed by atoms with Crippen molar-refractivity contribution in [1.82, 2.24) is 4.98 Å². The number of aromatic nitrogens is 1. The van der Waals surface area contributed by atoms with E-state index in [1.54, 1.807) is 6.20 Å². The number of anilines is 3. The first kappa shape index (κ1) is 11.0. The van der Waals surface area contributed by atoms with E-state index < -0.39 is 0 Å². The minimum atomic E-state index is 0.756. The van der Waals surface area contributed by atoms with Gasteiger partial charge in [-0.2, -0.15) is 0 Å². The highest BCUT2D eigenvalue weighted by atomic mass is 79.9. The predicted octanol–water partition coefficient (Wildman–Crippen LogP) is 3.48. The Bertz CT molecular complexity index is 494. The van der Waals surface area contributed by atoms with Crippen LogP contribution in [0.4, 0.5) is 17.2 Å². The molecule has 4 heteroatoms. The molecule has 0 spiro atoms. The van der Waals surface area contributed by atoms with Crippen LogP contribution in [-0.2, 0) is 0 Å². The fourth-order valence-electron chi connectivity index (χ4n) is 1.37. The normalized spacial score (nSPS) is 10.1. The maximum Gasteiger partial charge on any atom is 0.133 e. The molecule has 0 fully saturated rings. The smallest absolute Gasteiger partial charge is 0.133 e. The van der Waals surface area contributed by atoms with E-state index in [1.807, 2.05) is 37.3 Å². The van der Waals surface area contributed by atoms with Gasteiger partial charge in [0.25, 0.3) is 0 Å². The van der Waals surface area contributed by atoms with Crippen molar-refractivity contribution in [2.75, 3.05) is 11.1 Å². The molecule has 3 N–H and O–H groups in total. The van der Waals surface area contributed by atoms with Crippen LogP contribution in [0.1, 0.15) is 5.56 Å². The molecule has 0 saturated carbocycles. The van der Waals surface area contributed by atoms with E-state index in [0.29, 0.717) is 0 Å². The molecule has 2 rings (SSSR count). The maximum atomic E-state index is 5.62. The molecular weight excluding hydrogens is 266 g/mol. The van der Waals surface area contributed by atoms with Crippen molar-refractivity contribution in [2.45, 2.75) is 6.92 Å².